The fourth-order valence-corrected chi connectivity index (χ4v) is 2.73. The quantitative estimate of drug-likeness (QED) is 0.307. The number of hydrogen-bond donors (Lipinski definition) is 2. The number of nitrogens with zero attached hydrogens (tertiary/aromatic N) is 2. The Bertz CT molecular complexity index is 558. The molecule has 1 fully saturated rings. The number of aliphatic hydroxyl groups excluding tert-OH is 1. The number of β-amino-alcohol motifs (C(OH)–C–C–N with tert-alkyl or cyclic N) is 1. The van der Waals surface area contributed by atoms with Crippen LogP contribution in [0.5, 0.6) is 5.75 Å². The van der Waals surface area contributed by atoms with E-state index in [1.807, 2.05) is 12.1 Å². The summed E-state index contributed by atoms with van der Waals surface area (Å²) in [5, 5.41) is 13.0. The highest BCUT2D eigenvalue weighted by molar-refractivity contribution is 14.0. The molecule has 1 aliphatic rings. The summed E-state index contributed by atoms with van der Waals surface area (Å²) in [6.07, 6.45) is 0.561. The normalized spacial score (nSPS) is 18.0. The third-order valence-electron chi connectivity index (χ3n) is 4.12. The molecule has 1 heterocycles. The Labute approximate surface area is 168 Å². The van der Waals surface area contributed by atoms with Crippen LogP contribution in [0.25, 0.3) is 0 Å². The number of hydrogen-bond acceptors (Lipinski definition) is 3. The number of halogens is 1. The molecule has 0 bridgehead atoms. The zero-order chi connectivity index (χ0) is 17.6. The highest BCUT2D eigenvalue weighted by Gasteiger charge is 2.22. The highest BCUT2D eigenvalue weighted by atomic mass is 127. The first-order valence-electron chi connectivity index (χ1n) is 8.85. The second kappa shape index (κ2) is 10.2. The maximum atomic E-state index is 9.68. The molecule has 6 heteroatoms. The van der Waals surface area contributed by atoms with Crippen molar-refractivity contribution in [3.05, 3.63) is 29.8 Å². The summed E-state index contributed by atoms with van der Waals surface area (Å²) < 4.78 is 5.85. The van der Waals surface area contributed by atoms with Gasteiger partial charge in [0.25, 0.3) is 0 Å². The van der Waals surface area contributed by atoms with Gasteiger partial charge in [0.05, 0.1) is 12.6 Å². The molecular weight excluding hydrogens is 429 g/mol. The average molecular weight is 461 g/mol. The van der Waals surface area contributed by atoms with Gasteiger partial charge in [-0.05, 0) is 36.5 Å². The zero-order valence-corrected chi connectivity index (χ0v) is 18.1. The molecule has 0 spiro atoms. The molecule has 1 saturated heterocycles. The minimum absolute atomic E-state index is 0. The van der Waals surface area contributed by atoms with Gasteiger partial charge in [-0.3, -0.25) is 0 Å². The molecule has 1 atom stereocenters. The van der Waals surface area contributed by atoms with Crippen molar-refractivity contribution in [1.29, 1.82) is 0 Å². The van der Waals surface area contributed by atoms with Gasteiger partial charge in [-0.2, -0.15) is 0 Å². The predicted octanol–water partition coefficient (Wildman–Crippen LogP) is 3.01. The van der Waals surface area contributed by atoms with Crippen molar-refractivity contribution in [3.8, 4) is 5.75 Å². The highest BCUT2D eigenvalue weighted by Crippen LogP contribution is 2.25. The van der Waals surface area contributed by atoms with Crippen LogP contribution in [0, 0.1) is 0 Å². The van der Waals surface area contributed by atoms with E-state index in [-0.39, 0.29) is 35.5 Å². The molecule has 1 aromatic carbocycles. The standard InChI is InChI=1S/C19H31N3O2.HI/c1-5-20-18(22-11-9-16(23)14-22)21-10-12-24-17-8-6-7-15(13-17)19(2,3)4;/h6-8,13,16,23H,5,9-12,14H2,1-4H3,(H,20,21);1H/t16-;/m1./s1. The van der Waals surface area contributed by atoms with Gasteiger partial charge in [-0.1, -0.05) is 32.9 Å². The van der Waals surface area contributed by atoms with Crippen LogP contribution in [0.1, 0.15) is 39.7 Å². The molecule has 0 aromatic heterocycles. The molecule has 5 nitrogen and oxygen atoms in total. The Morgan fingerprint density at radius 2 is 2.16 bits per heavy atom. The SMILES string of the molecule is CCNC(=NCCOc1cccc(C(C)(C)C)c1)N1CC[C@@H](O)C1.I. The van der Waals surface area contributed by atoms with E-state index in [2.05, 4.69) is 55.0 Å². The fourth-order valence-electron chi connectivity index (χ4n) is 2.73. The molecule has 25 heavy (non-hydrogen) atoms. The Kier molecular flexibility index (Phi) is 8.99. The summed E-state index contributed by atoms with van der Waals surface area (Å²) in [7, 11) is 0. The van der Waals surface area contributed by atoms with Crippen molar-refractivity contribution in [2.75, 3.05) is 32.8 Å². The third-order valence-corrected chi connectivity index (χ3v) is 4.12. The number of aliphatic hydroxyl groups is 1. The first-order valence-corrected chi connectivity index (χ1v) is 8.85. The van der Waals surface area contributed by atoms with E-state index in [0.29, 0.717) is 19.7 Å². The Balaban J connectivity index is 0.00000312. The number of likely N-dealkylation sites (tertiary alicyclic amines) is 1. The lowest BCUT2D eigenvalue weighted by Gasteiger charge is -2.21. The van der Waals surface area contributed by atoms with Gasteiger partial charge in [0.15, 0.2) is 5.96 Å². The number of aliphatic imine (C=N–C) groups is 1. The molecule has 0 radical (unpaired) electrons. The van der Waals surface area contributed by atoms with Crippen LogP contribution >= 0.6 is 24.0 Å². The van der Waals surface area contributed by atoms with Gasteiger partial charge >= 0.3 is 0 Å². The topological polar surface area (TPSA) is 57.1 Å². The second-order valence-corrected chi connectivity index (χ2v) is 7.25. The Hall–Kier alpha value is -1.02. The van der Waals surface area contributed by atoms with E-state index < -0.39 is 0 Å². The summed E-state index contributed by atoms with van der Waals surface area (Å²) >= 11 is 0. The van der Waals surface area contributed by atoms with E-state index in [1.54, 1.807) is 0 Å². The molecule has 0 aliphatic carbocycles. The van der Waals surface area contributed by atoms with Gasteiger partial charge in [0, 0.05) is 19.6 Å². The van der Waals surface area contributed by atoms with E-state index in [9.17, 15) is 5.11 Å². The lowest BCUT2D eigenvalue weighted by Crippen LogP contribution is -2.40. The summed E-state index contributed by atoms with van der Waals surface area (Å²) in [4.78, 5) is 6.72. The summed E-state index contributed by atoms with van der Waals surface area (Å²) in [5.41, 5.74) is 1.38. The number of ether oxygens (including phenoxy) is 1. The molecule has 2 N–H and O–H groups in total. The first-order chi connectivity index (χ1) is 11.4. The third kappa shape index (κ3) is 7.01. The smallest absolute Gasteiger partial charge is 0.194 e. The fraction of sp³-hybridized carbons (Fsp3) is 0.632. The molecule has 1 aliphatic heterocycles. The number of benzene rings is 1. The maximum Gasteiger partial charge on any atom is 0.194 e. The molecule has 0 saturated carbocycles. The van der Waals surface area contributed by atoms with Crippen LogP contribution in [0.2, 0.25) is 0 Å². The second-order valence-electron chi connectivity index (χ2n) is 7.25. The molecule has 0 amide bonds. The van der Waals surface area contributed by atoms with E-state index in [4.69, 9.17) is 4.74 Å². The lowest BCUT2D eigenvalue weighted by atomic mass is 9.87. The minimum Gasteiger partial charge on any atom is -0.492 e. The van der Waals surface area contributed by atoms with Gasteiger partial charge < -0.3 is 20.1 Å². The zero-order valence-electron chi connectivity index (χ0n) is 15.8. The lowest BCUT2D eigenvalue weighted by molar-refractivity contribution is 0.187. The van der Waals surface area contributed by atoms with Crippen molar-refractivity contribution >= 4 is 29.9 Å². The van der Waals surface area contributed by atoms with Gasteiger partial charge in [-0.15, -0.1) is 24.0 Å². The maximum absolute atomic E-state index is 9.68. The summed E-state index contributed by atoms with van der Waals surface area (Å²) in [6, 6.07) is 8.26. The van der Waals surface area contributed by atoms with Crippen LogP contribution in [-0.4, -0.2) is 54.9 Å². The Morgan fingerprint density at radius 1 is 1.40 bits per heavy atom. The molecule has 2 rings (SSSR count). The van der Waals surface area contributed by atoms with Crippen molar-refractivity contribution < 1.29 is 9.84 Å². The van der Waals surface area contributed by atoms with Crippen LogP contribution in [-0.2, 0) is 5.41 Å². The first kappa shape index (κ1) is 22.0. The van der Waals surface area contributed by atoms with Crippen molar-refractivity contribution in [1.82, 2.24) is 10.2 Å². The van der Waals surface area contributed by atoms with Crippen molar-refractivity contribution in [2.45, 2.75) is 45.6 Å². The predicted molar refractivity (Wildman–Crippen MR) is 114 cm³/mol. The largest absolute Gasteiger partial charge is 0.492 e. The number of rotatable bonds is 5. The minimum atomic E-state index is -0.245. The summed E-state index contributed by atoms with van der Waals surface area (Å²) in [6.45, 7) is 12.1. The molecule has 142 valence electrons. The van der Waals surface area contributed by atoms with Crippen LogP contribution in [0.4, 0.5) is 0 Å². The average Bonchev–Trinajstić information content (AvgIpc) is 2.96. The molecular formula is C19H32IN3O2. The number of nitrogens with one attached hydrogen (secondary N) is 1. The van der Waals surface area contributed by atoms with E-state index >= 15 is 0 Å². The van der Waals surface area contributed by atoms with E-state index in [0.717, 1.165) is 31.2 Å². The monoisotopic (exact) mass is 461 g/mol. The number of guanidine groups is 1. The van der Waals surface area contributed by atoms with Gasteiger partial charge in [0.2, 0.25) is 0 Å². The molecule has 1 aromatic rings. The Morgan fingerprint density at radius 3 is 2.76 bits per heavy atom. The van der Waals surface area contributed by atoms with Crippen LogP contribution in [0.3, 0.4) is 0 Å². The summed E-state index contributed by atoms with van der Waals surface area (Å²) in [5.74, 6) is 1.75. The van der Waals surface area contributed by atoms with Crippen molar-refractivity contribution in [2.24, 2.45) is 4.99 Å². The van der Waals surface area contributed by atoms with Crippen LogP contribution < -0.4 is 10.1 Å². The molecule has 0 unspecified atom stereocenters. The van der Waals surface area contributed by atoms with Gasteiger partial charge in [0.1, 0.15) is 12.4 Å². The van der Waals surface area contributed by atoms with E-state index in [1.165, 1.54) is 5.56 Å². The van der Waals surface area contributed by atoms with Crippen LogP contribution in [0.15, 0.2) is 29.3 Å². The van der Waals surface area contributed by atoms with Gasteiger partial charge in [-0.25, -0.2) is 4.99 Å². The van der Waals surface area contributed by atoms with Crippen molar-refractivity contribution in [3.63, 3.8) is 0 Å².